The summed E-state index contributed by atoms with van der Waals surface area (Å²) in [4.78, 5) is 5.57. The molecule has 0 aliphatic carbocycles. The molecule has 0 fully saturated rings. The molecule has 1 aromatic carbocycles. The summed E-state index contributed by atoms with van der Waals surface area (Å²) in [6, 6.07) is 13.7. The second-order valence-electron chi connectivity index (χ2n) is 3.85. The molecular formula is C14H13N3S. The molecule has 0 radical (unpaired) electrons. The quantitative estimate of drug-likeness (QED) is 0.849. The Labute approximate surface area is 111 Å². The largest absolute Gasteiger partial charge is 0.340 e. The highest BCUT2D eigenvalue weighted by Gasteiger charge is 2.00. The maximum absolute atomic E-state index is 8.91. The average Bonchev–Trinajstić information content (AvgIpc) is 2.39. The van der Waals surface area contributed by atoms with Crippen LogP contribution in [-0.2, 0) is 0 Å². The van der Waals surface area contributed by atoms with E-state index in [0.29, 0.717) is 11.4 Å². The number of nitrogens with zero attached hydrogens (tertiary/aromatic N) is 2. The van der Waals surface area contributed by atoms with E-state index >= 15 is 0 Å². The first-order valence-corrected chi connectivity index (χ1v) is 6.73. The van der Waals surface area contributed by atoms with Crippen LogP contribution in [0, 0.1) is 18.3 Å². The van der Waals surface area contributed by atoms with E-state index in [4.69, 9.17) is 5.26 Å². The second-order valence-corrected chi connectivity index (χ2v) is 4.73. The van der Waals surface area contributed by atoms with E-state index in [1.807, 2.05) is 37.4 Å². The van der Waals surface area contributed by atoms with E-state index in [2.05, 4.69) is 16.4 Å². The fraction of sp³-hybridized carbons (Fsp3) is 0.143. The Hall–Kier alpha value is -1.99. The molecule has 4 heteroatoms. The van der Waals surface area contributed by atoms with E-state index in [0.717, 1.165) is 11.4 Å². The van der Waals surface area contributed by atoms with Gasteiger partial charge >= 0.3 is 0 Å². The first kappa shape index (κ1) is 12.5. The summed E-state index contributed by atoms with van der Waals surface area (Å²) in [7, 11) is 0. The minimum Gasteiger partial charge on any atom is -0.340 e. The third-order valence-corrected chi connectivity index (χ3v) is 3.19. The number of anilines is 2. The molecule has 3 nitrogen and oxygen atoms in total. The van der Waals surface area contributed by atoms with Crippen molar-refractivity contribution in [2.24, 2.45) is 0 Å². The summed E-state index contributed by atoms with van der Waals surface area (Å²) >= 11 is 1.71. The zero-order chi connectivity index (χ0) is 13.0. The Morgan fingerprint density at radius 2 is 1.94 bits per heavy atom. The molecule has 0 amide bonds. The van der Waals surface area contributed by atoms with Crippen molar-refractivity contribution in [3.63, 3.8) is 0 Å². The van der Waals surface area contributed by atoms with E-state index < -0.39 is 0 Å². The summed E-state index contributed by atoms with van der Waals surface area (Å²) in [5.41, 5.74) is 2.41. The number of aryl methyl sites for hydroxylation is 1. The van der Waals surface area contributed by atoms with Crippen LogP contribution in [0.2, 0.25) is 0 Å². The second kappa shape index (κ2) is 5.56. The lowest BCUT2D eigenvalue weighted by Crippen LogP contribution is -1.96. The van der Waals surface area contributed by atoms with Crippen LogP contribution in [0.15, 0.2) is 41.3 Å². The van der Waals surface area contributed by atoms with Crippen molar-refractivity contribution in [3.8, 4) is 6.07 Å². The van der Waals surface area contributed by atoms with Crippen molar-refractivity contribution in [2.45, 2.75) is 11.8 Å². The molecule has 90 valence electrons. The number of thioether (sulfide) groups is 1. The monoisotopic (exact) mass is 255 g/mol. The van der Waals surface area contributed by atoms with Crippen LogP contribution in [0.3, 0.4) is 0 Å². The first-order chi connectivity index (χ1) is 8.71. The maximum atomic E-state index is 8.91. The summed E-state index contributed by atoms with van der Waals surface area (Å²) in [6.07, 6.45) is 2.05. The lowest BCUT2D eigenvalue weighted by atomic mass is 10.2. The van der Waals surface area contributed by atoms with E-state index in [1.54, 1.807) is 23.9 Å². The van der Waals surface area contributed by atoms with Crippen LogP contribution in [-0.4, -0.2) is 11.2 Å². The van der Waals surface area contributed by atoms with Crippen LogP contribution in [0.4, 0.5) is 11.5 Å². The van der Waals surface area contributed by atoms with Gasteiger partial charge in [-0.15, -0.1) is 11.8 Å². The van der Waals surface area contributed by atoms with Crippen LogP contribution in [0.25, 0.3) is 0 Å². The van der Waals surface area contributed by atoms with Gasteiger partial charge in [-0.1, -0.05) is 0 Å². The molecule has 1 heterocycles. The van der Waals surface area contributed by atoms with Gasteiger partial charge in [0.15, 0.2) is 0 Å². The first-order valence-electron chi connectivity index (χ1n) is 5.51. The highest BCUT2D eigenvalue weighted by Crippen LogP contribution is 2.20. The van der Waals surface area contributed by atoms with Gasteiger partial charge in [0.2, 0.25) is 0 Å². The van der Waals surface area contributed by atoms with Crippen molar-refractivity contribution in [1.82, 2.24) is 4.98 Å². The Bertz CT molecular complexity index is 585. The number of benzene rings is 1. The van der Waals surface area contributed by atoms with Gasteiger partial charge in [-0.05, 0) is 49.6 Å². The number of nitriles is 1. The lowest BCUT2D eigenvalue weighted by molar-refractivity contribution is 1.19. The minimum absolute atomic E-state index is 0.616. The van der Waals surface area contributed by atoms with Crippen LogP contribution in [0.5, 0.6) is 0 Å². The average molecular weight is 255 g/mol. The molecule has 2 aromatic rings. The molecule has 0 saturated carbocycles. The van der Waals surface area contributed by atoms with E-state index in [-0.39, 0.29) is 0 Å². The molecule has 1 N–H and O–H groups in total. The van der Waals surface area contributed by atoms with Gasteiger partial charge < -0.3 is 5.32 Å². The molecule has 0 unspecified atom stereocenters. The van der Waals surface area contributed by atoms with Gasteiger partial charge in [-0.3, -0.25) is 0 Å². The maximum Gasteiger partial charge on any atom is 0.131 e. The Morgan fingerprint density at radius 3 is 2.56 bits per heavy atom. The predicted molar refractivity (Wildman–Crippen MR) is 75.2 cm³/mol. The Kier molecular flexibility index (Phi) is 3.85. The third-order valence-electron chi connectivity index (χ3n) is 2.44. The van der Waals surface area contributed by atoms with Gasteiger partial charge in [0.05, 0.1) is 11.6 Å². The molecular weight excluding hydrogens is 242 g/mol. The predicted octanol–water partition coefficient (Wildman–Crippen LogP) is 3.73. The molecule has 18 heavy (non-hydrogen) atoms. The highest BCUT2D eigenvalue weighted by molar-refractivity contribution is 7.98. The van der Waals surface area contributed by atoms with Gasteiger partial charge in [0.25, 0.3) is 0 Å². The fourth-order valence-corrected chi connectivity index (χ4v) is 2.03. The van der Waals surface area contributed by atoms with Gasteiger partial charge in [-0.2, -0.15) is 5.26 Å². The van der Waals surface area contributed by atoms with Crippen LogP contribution in [0.1, 0.15) is 11.3 Å². The molecule has 0 atom stereocenters. The standard InChI is InChI=1S/C14H13N3S/c1-10-7-11(9-15)8-14(16-10)17-12-3-5-13(18-2)6-4-12/h3-8H,1-2H3,(H,16,17). The topological polar surface area (TPSA) is 48.7 Å². The molecule has 2 rings (SSSR count). The molecule has 0 aliphatic rings. The minimum atomic E-state index is 0.616. The molecule has 0 aliphatic heterocycles. The van der Waals surface area contributed by atoms with E-state index in [9.17, 15) is 0 Å². The molecule has 0 spiro atoms. The normalized spacial score (nSPS) is 9.83. The smallest absolute Gasteiger partial charge is 0.131 e. The van der Waals surface area contributed by atoms with Crippen LogP contribution < -0.4 is 5.32 Å². The summed E-state index contributed by atoms with van der Waals surface area (Å²) in [5.74, 6) is 0.698. The van der Waals surface area contributed by atoms with Gasteiger partial charge in [0.1, 0.15) is 5.82 Å². The van der Waals surface area contributed by atoms with Crippen molar-refractivity contribution in [2.75, 3.05) is 11.6 Å². The Morgan fingerprint density at radius 1 is 1.22 bits per heavy atom. The number of hydrogen-bond acceptors (Lipinski definition) is 4. The summed E-state index contributed by atoms with van der Waals surface area (Å²) in [6.45, 7) is 1.88. The van der Waals surface area contributed by atoms with Crippen molar-refractivity contribution in [3.05, 3.63) is 47.7 Å². The van der Waals surface area contributed by atoms with Crippen molar-refractivity contribution < 1.29 is 0 Å². The number of hydrogen-bond donors (Lipinski definition) is 1. The molecule has 1 aromatic heterocycles. The lowest BCUT2D eigenvalue weighted by Gasteiger charge is -2.07. The van der Waals surface area contributed by atoms with Gasteiger partial charge in [0, 0.05) is 16.3 Å². The number of rotatable bonds is 3. The highest BCUT2D eigenvalue weighted by atomic mass is 32.2. The van der Waals surface area contributed by atoms with Crippen molar-refractivity contribution in [1.29, 1.82) is 5.26 Å². The SMILES string of the molecule is CSc1ccc(Nc2cc(C#N)cc(C)n2)cc1. The number of nitrogens with one attached hydrogen (secondary N) is 1. The molecule has 0 saturated heterocycles. The van der Waals surface area contributed by atoms with Crippen molar-refractivity contribution >= 4 is 23.3 Å². The van der Waals surface area contributed by atoms with E-state index in [1.165, 1.54) is 4.90 Å². The molecule has 0 bridgehead atoms. The zero-order valence-electron chi connectivity index (χ0n) is 10.3. The third kappa shape index (κ3) is 3.02. The summed E-state index contributed by atoms with van der Waals surface area (Å²) < 4.78 is 0. The number of pyridine rings is 1. The Balaban J connectivity index is 2.22. The summed E-state index contributed by atoms with van der Waals surface area (Å²) in [5, 5.41) is 12.1. The fourth-order valence-electron chi connectivity index (χ4n) is 1.62. The van der Waals surface area contributed by atoms with Gasteiger partial charge in [-0.25, -0.2) is 4.98 Å². The van der Waals surface area contributed by atoms with Crippen LogP contribution >= 0.6 is 11.8 Å². The zero-order valence-corrected chi connectivity index (χ0v) is 11.1. The number of aromatic nitrogens is 1.